The van der Waals surface area contributed by atoms with Gasteiger partial charge >= 0.3 is 12.2 Å². The van der Waals surface area contributed by atoms with Gasteiger partial charge < -0.3 is 10.2 Å². The molecule has 1 heterocycles. The van der Waals surface area contributed by atoms with Crippen molar-refractivity contribution >= 4 is 0 Å². The van der Waals surface area contributed by atoms with Crippen LogP contribution in [0.2, 0.25) is 0 Å². The number of aliphatic hydroxyl groups is 2. The minimum absolute atomic E-state index is 2.26. The van der Waals surface area contributed by atoms with Crippen LogP contribution in [0.25, 0.3) is 0 Å². The Hall–Kier alpha value is -0.540. The Morgan fingerprint density at radius 1 is 0.733 bits per heavy atom. The molecule has 1 saturated heterocycles. The van der Waals surface area contributed by atoms with E-state index < -0.39 is 36.8 Å². The number of halogens is 6. The van der Waals surface area contributed by atoms with Crippen molar-refractivity contribution in [1.82, 2.24) is 0 Å². The van der Waals surface area contributed by atoms with Gasteiger partial charge in [0.1, 0.15) is 0 Å². The van der Waals surface area contributed by atoms with Crippen LogP contribution < -0.4 is 0 Å². The van der Waals surface area contributed by atoms with Crippen LogP contribution in [-0.4, -0.2) is 47.0 Å². The summed E-state index contributed by atoms with van der Waals surface area (Å²) in [5.74, 6) is 0. The Bertz CT molecular complexity index is 246. The van der Waals surface area contributed by atoms with Gasteiger partial charge in [-0.1, -0.05) is 0 Å². The van der Waals surface area contributed by atoms with Crippen molar-refractivity contribution in [3.05, 3.63) is 0 Å². The summed E-state index contributed by atoms with van der Waals surface area (Å²) in [6, 6.07) is 0. The normalized spacial score (nSPS) is 43.2. The van der Waals surface area contributed by atoms with Gasteiger partial charge in [0.25, 0.3) is 11.3 Å². The van der Waals surface area contributed by atoms with Crippen LogP contribution in [0.4, 0.5) is 26.3 Å². The molecular formula is C6H6F6O3. The summed E-state index contributed by atoms with van der Waals surface area (Å²) in [6.45, 7) is -4.51. The van der Waals surface area contributed by atoms with E-state index in [1.54, 1.807) is 0 Å². The number of aliphatic hydroxyl groups excluding tert-OH is 2. The third-order valence-electron chi connectivity index (χ3n) is 2.24. The fourth-order valence-electron chi connectivity index (χ4n) is 1.22. The lowest BCUT2D eigenvalue weighted by Gasteiger charge is -2.31. The first kappa shape index (κ1) is 12.5. The van der Waals surface area contributed by atoms with Crippen molar-refractivity contribution in [2.75, 3.05) is 13.2 Å². The maximum atomic E-state index is 13.2. The van der Waals surface area contributed by atoms with Gasteiger partial charge in [0.2, 0.25) is 0 Å². The predicted octanol–water partition coefficient (Wildman–Crippen LogP) is 0.603. The van der Waals surface area contributed by atoms with Crippen LogP contribution in [0.15, 0.2) is 0 Å². The molecule has 0 saturated carbocycles. The maximum absolute atomic E-state index is 13.2. The number of hydrogen-bond donors (Lipinski definition) is 2. The smallest absolute Gasteiger partial charge is 0.393 e. The largest absolute Gasteiger partial charge is 0.400 e. The summed E-state index contributed by atoms with van der Waals surface area (Å²) < 4.78 is 79.4. The van der Waals surface area contributed by atoms with Gasteiger partial charge in [-0.25, -0.2) is 13.5 Å². The predicted molar refractivity (Wildman–Crippen MR) is 32.8 cm³/mol. The summed E-state index contributed by atoms with van der Waals surface area (Å²) in [4.78, 5) is 0. The molecule has 9 heteroatoms. The standard InChI is InChI=1S/C6H6F6O3/c7-3(1-13)4(8,2-14)6(11,12)15-5(3,9)10/h13-14H,1-2H2. The summed E-state index contributed by atoms with van der Waals surface area (Å²) >= 11 is 0. The Morgan fingerprint density at radius 2 is 1.00 bits per heavy atom. The van der Waals surface area contributed by atoms with Gasteiger partial charge in [-0.15, -0.1) is 0 Å². The molecule has 2 N–H and O–H groups in total. The molecule has 0 aromatic rings. The van der Waals surface area contributed by atoms with Crippen molar-refractivity contribution in [3.8, 4) is 0 Å². The minimum atomic E-state index is -5.23. The molecule has 15 heavy (non-hydrogen) atoms. The molecule has 0 bridgehead atoms. The average molecular weight is 240 g/mol. The van der Waals surface area contributed by atoms with E-state index in [9.17, 15) is 26.3 Å². The minimum Gasteiger partial charge on any atom is -0.393 e. The van der Waals surface area contributed by atoms with Crippen LogP contribution in [0.5, 0.6) is 0 Å². The molecule has 2 unspecified atom stereocenters. The monoisotopic (exact) mass is 240 g/mol. The first-order valence-corrected chi connectivity index (χ1v) is 3.63. The first-order chi connectivity index (χ1) is 6.58. The third-order valence-corrected chi connectivity index (χ3v) is 2.24. The zero-order valence-electron chi connectivity index (χ0n) is 6.98. The van der Waals surface area contributed by atoms with Crippen molar-refractivity contribution in [2.24, 2.45) is 0 Å². The molecule has 1 aliphatic heterocycles. The van der Waals surface area contributed by atoms with Crippen LogP contribution >= 0.6 is 0 Å². The quantitative estimate of drug-likeness (QED) is 0.695. The van der Waals surface area contributed by atoms with Gasteiger partial charge in [0.15, 0.2) is 0 Å². The molecule has 0 aromatic heterocycles. The van der Waals surface area contributed by atoms with Crippen molar-refractivity contribution < 1.29 is 41.3 Å². The Kier molecular flexibility index (Phi) is 2.49. The lowest BCUT2D eigenvalue weighted by atomic mass is 9.87. The van der Waals surface area contributed by atoms with Gasteiger partial charge in [-0.05, 0) is 0 Å². The highest BCUT2D eigenvalue weighted by atomic mass is 19.3. The highest BCUT2D eigenvalue weighted by molar-refractivity contribution is 5.15. The molecule has 0 aromatic carbocycles. The average Bonchev–Trinajstić information content (AvgIpc) is 2.21. The van der Waals surface area contributed by atoms with E-state index in [-0.39, 0.29) is 0 Å². The van der Waals surface area contributed by atoms with E-state index in [1.807, 2.05) is 0 Å². The lowest BCUT2D eigenvalue weighted by Crippen LogP contribution is -2.61. The van der Waals surface area contributed by atoms with E-state index >= 15 is 0 Å². The number of alkyl halides is 6. The van der Waals surface area contributed by atoms with Crippen molar-refractivity contribution in [1.29, 1.82) is 0 Å². The van der Waals surface area contributed by atoms with Crippen LogP contribution in [0, 0.1) is 0 Å². The second-order valence-corrected chi connectivity index (χ2v) is 3.05. The van der Waals surface area contributed by atoms with Gasteiger partial charge in [-0.2, -0.15) is 17.6 Å². The van der Waals surface area contributed by atoms with E-state index in [0.29, 0.717) is 0 Å². The molecular weight excluding hydrogens is 234 g/mol. The Morgan fingerprint density at radius 3 is 1.20 bits per heavy atom. The van der Waals surface area contributed by atoms with E-state index in [4.69, 9.17) is 10.2 Å². The Labute approximate surface area is 79.3 Å². The summed E-state index contributed by atoms with van der Waals surface area (Å²) in [6.07, 6.45) is -10.5. The number of ether oxygens (including phenoxy) is 1. The summed E-state index contributed by atoms with van der Waals surface area (Å²) in [7, 11) is 0. The van der Waals surface area contributed by atoms with E-state index in [0.717, 1.165) is 0 Å². The molecule has 90 valence electrons. The van der Waals surface area contributed by atoms with E-state index in [2.05, 4.69) is 4.74 Å². The van der Waals surface area contributed by atoms with Crippen LogP contribution in [-0.2, 0) is 4.74 Å². The van der Waals surface area contributed by atoms with Gasteiger partial charge in [-0.3, -0.25) is 0 Å². The Balaban J connectivity index is 3.34. The highest BCUT2D eigenvalue weighted by Gasteiger charge is 2.87. The molecule has 0 spiro atoms. The molecule has 2 atom stereocenters. The molecule has 0 aliphatic carbocycles. The number of rotatable bonds is 2. The number of hydrogen-bond acceptors (Lipinski definition) is 3. The van der Waals surface area contributed by atoms with Crippen LogP contribution in [0.3, 0.4) is 0 Å². The fourth-order valence-corrected chi connectivity index (χ4v) is 1.22. The van der Waals surface area contributed by atoms with Crippen molar-refractivity contribution in [2.45, 2.75) is 23.6 Å². The summed E-state index contributed by atoms with van der Waals surface area (Å²) in [5.41, 5.74) is -9.39. The zero-order chi connectivity index (χ0) is 12.1. The fraction of sp³-hybridized carbons (Fsp3) is 1.00. The molecule has 0 amide bonds. The maximum Gasteiger partial charge on any atom is 0.400 e. The second-order valence-electron chi connectivity index (χ2n) is 3.05. The molecule has 3 nitrogen and oxygen atoms in total. The first-order valence-electron chi connectivity index (χ1n) is 3.63. The molecule has 1 rings (SSSR count). The topological polar surface area (TPSA) is 49.7 Å². The van der Waals surface area contributed by atoms with Gasteiger partial charge in [0, 0.05) is 0 Å². The zero-order valence-corrected chi connectivity index (χ0v) is 6.98. The summed E-state index contributed by atoms with van der Waals surface area (Å²) in [5, 5.41) is 16.5. The molecule has 1 aliphatic rings. The van der Waals surface area contributed by atoms with Crippen LogP contribution in [0.1, 0.15) is 0 Å². The SMILES string of the molecule is OCC1(F)C(F)(F)OC(F)(F)C1(F)CO. The third kappa shape index (κ3) is 1.20. The lowest BCUT2D eigenvalue weighted by molar-refractivity contribution is -0.356. The second kappa shape index (κ2) is 2.98. The molecule has 1 fully saturated rings. The highest BCUT2D eigenvalue weighted by Crippen LogP contribution is 2.59. The van der Waals surface area contributed by atoms with Gasteiger partial charge in [0.05, 0.1) is 13.2 Å². The molecule has 0 radical (unpaired) electrons. The van der Waals surface area contributed by atoms with Crippen molar-refractivity contribution in [3.63, 3.8) is 0 Å². The van der Waals surface area contributed by atoms with E-state index in [1.165, 1.54) is 0 Å².